The largest absolute Gasteiger partial charge is 0.444 e. The molecule has 0 bridgehead atoms. The molecule has 2 rings (SSSR count). The van der Waals surface area contributed by atoms with E-state index in [0.717, 1.165) is 0 Å². The van der Waals surface area contributed by atoms with Crippen LogP contribution in [0.3, 0.4) is 0 Å². The Hall–Kier alpha value is -1.57. The number of amides is 2. The molecule has 1 saturated heterocycles. The Kier molecular flexibility index (Phi) is 5.03. The van der Waals surface area contributed by atoms with Gasteiger partial charge in [0.25, 0.3) is 5.91 Å². The first-order valence-electron chi connectivity index (χ1n) is 7.56. The van der Waals surface area contributed by atoms with Gasteiger partial charge in [-0.15, -0.1) is 0 Å². The second kappa shape index (κ2) is 6.51. The maximum absolute atomic E-state index is 12.7. The van der Waals surface area contributed by atoms with Crippen molar-refractivity contribution in [1.29, 1.82) is 0 Å². The van der Waals surface area contributed by atoms with Gasteiger partial charge in [0.2, 0.25) is 0 Å². The summed E-state index contributed by atoms with van der Waals surface area (Å²) in [6, 6.07) is -0.0921. The third-order valence-corrected chi connectivity index (χ3v) is 4.22. The van der Waals surface area contributed by atoms with Gasteiger partial charge in [-0.3, -0.25) is 9.48 Å². The van der Waals surface area contributed by atoms with Crippen LogP contribution < -0.4 is 0 Å². The Morgan fingerprint density at radius 2 is 2.00 bits per heavy atom. The van der Waals surface area contributed by atoms with E-state index in [-0.39, 0.29) is 18.0 Å². The van der Waals surface area contributed by atoms with Crippen LogP contribution in [0.15, 0.2) is 10.7 Å². The molecular weight excluding hydrogens is 364 g/mol. The molecule has 128 valence electrons. The summed E-state index contributed by atoms with van der Waals surface area (Å²) in [5.74, 6) is -0.0896. The van der Waals surface area contributed by atoms with Crippen LogP contribution >= 0.6 is 15.9 Å². The molecule has 2 amide bonds. The Labute approximate surface area is 144 Å². The van der Waals surface area contributed by atoms with Crippen molar-refractivity contribution in [3.05, 3.63) is 16.4 Å². The molecular formula is C15H23BrN4O3. The zero-order valence-electron chi connectivity index (χ0n) is 14.2. The fourth-order valence-corrected chi connectivity index (χ4v) is 3.06. The van der Waals surface area contributed by atoms with E-state index >= 15 is 0 Å². The lowest BCUT2D eigenvalue weighted by Crippen LogP contribution is -2.56. The van der Waals surface area contributed by atoms with Gasteiger partial charge < -0.3 is 14.5 Å². The molecule has 0 aromatic carbocycles. The van der Waals surface area contributed by atoms with E-state index in [1.807, 2.05) is 27.7 Å². The highest BCUT2D eigenvalue weighted by molar-refractivity contribution is 9.10. The number of hydrogen-bond donors (Lipinski definition) is 0. The van der Waals surface area contributed by atoms with Gasteiger partial charge in [-0.05, 0) is 43.6 Å². The normalized spacial score (nSPS) is 19.0. The van der Waals surface area contributed by atoms with Crippen LogP contribution in [0, 0.1) is 0 Å². The van der Waals surface area contributed by atoms with Gasteiger partial charge in [0.05, 0.1) is 10.7 Å². The molecule has 1 aromatic heterocycles. The lowest BCUT2D eigenvalue weighted by atomic mass is 10.1. The van der Waals surface area contributed by atoms with E-state index in [0.29, 0.717) is 29.8 Å². The molecule has 2 heterocycles. The molecule has 0 unspecified atom stereocenters. The highest BCUT2D eigenvalue weighted by Crippen LogP contribution is 2.21. The summed E-state index contributed by atoms with van der Waals surface area (Å²) in [7, 11) is 1.74. The zero-order chi connectivity index (χ0) is 17.4. The summed E-state index contributed by atoms with van der Waals surface area (Å²) in [4.78, 5) is 28.3. The minimum atomic E-state index is -0.521. The molecule has 1 atom stereocenters. The summed E-state index contributed by atoms with van der Waals surface area (Å²) in [5, 5.41) is 4.08. The molecule has 23 heavy (non-hydrogen) atoms. The SMILES string of the molecule is C[C@H]1CN(C(=O)OC(C)(C)C)CCN1C(=O)c1c(Br)cnn1C. The fourth-order valence-electron chi connectivity index (χ4n) is 2.54. The molecule has 1 aromatic rings. The van der Waals surface area contributed by atoms with Crippen LogP contribution in [0.2, 0.25) is 0 Å². The Balaban J connectivity index is 2.05. The molecule has 7 nitrogen and oxygen atoms in total. The average molecular weight is 387 g/mol. The molecule has 1 aliphatic rings. The first-order valence-corrected chi connectivity index (χ1v) is 8.36. The molecule has 0 radical (unpaired) electrons. The van der Waals surface area contributed by atoms with E-state index in [4.69, 9.17) is 4.74 Å². The van der Waals surface area contributed by atoms with Gasteiger partial charge >= 0.3 is 6.09 Å². The molecule has 1 fully saturated rings. The second-order valence-electron chi connectivity index (χ2n) is 6.74. The number of halogens is 1. The van der Waals surface area contributed by atoms with Gasteiger partial charge in [0.15, 0.2) is 0 Å². The van der Waals surface area contributed by atoms with Gasteiger partial charge in [-0.25, -0.2) is 4.79 Å². The Morgan fingerprint density at radius 1 is 1.35 bits per heavy atom. The predicted molar refractivity (Wildman–Crippen MR) is 89.2 cm³/mol. The fraction of sp³-hybridized carbons (Fsp3) is 0.667. The number of carbonyl (C=O) groups excluding carboxylic acids is 2. The van der Waals surface area contributed by atoms with Crippen molar-refractivity contribution < 1.29 is 14.3 Å². The summed E-state index contributed by atoms with van der Waals surface area (Å²) in [6.07, 6.45) is 1.27. The van der Waals surface area contributed by atoms with Crippen molar-refractivity contribution in [2.45, 2.75) is 39.3 Å². The Bertz CT molecular complexity index is 589. The van der Waals surface area contributed by atoms with Crippen LogP contribution in [-0.2, 0) is 11.8 Å². The maximum atomic E-state index is 12.7. The topological polar surface area (TPSA) is 67.7 Å². The summed E-state index contributed by atoms with van der Waals surface area (Å²) >= 11 is 3.36. The summed E-state index contributed by atoms with van der Waals surface area (Å²) in [5.41, 5.74) is -0.00472. The van der Waals surface area contributed by atoms with Crippen LogP contribution in [0.4, 0.5) is 4.79 Å². The monoisotopic (exact) mass is 386 g/mol. The second-order valence-corrected chi connectivity index (χ2v) is 7.59. The number of aryl methyl sites for hydroxylation is 1. The quantitative estimate of drug-likeness (QED) is 0.742. The lowest BCUT2D eigenvalue weighted by Gasteiger charge is -2.40. The molecule has 1 aliphatic heterocycles. The number of aromatic nitrogens is 2. The number of ether oxygens (including phenoxy) is 1. The minimum absolute atomic E-state index is 0.0896. The summed E-state index contributed by atoms with van der Waals surface area (Å²) < 4.78 is 7.62. The molecule has 0 saturated carbocycles. The third kappa shape index (κ3) is 4.04. The van der Waals surface area contributed by atoms with Crippen LogP contribution in [0.5, 0.6) is 0 Å². The number of carbonyl (C=O) groups is 2. The van der Waals surface area contributed by atoms with Gasteiger partial charge in [-0.1, -0.05) is 0 Å². The van der Waals surface area contributed by atoms with Gasteiger partial charge in [-0.2, -0.15) is 5.10 Å². The van der Waals surface area contributed by atoms with Crippen molar-refractivity contribution in [1.82, 2.24) is 19.6 Å². The molecule has 0 N–H and O–H groups in total. The Morgan fingerprint density at radius 3 is 2.48 bits per heavy atom. The maximum Gasteiger partial charge on any atom is 0.410 e. The highest BCUT2D eigenvalue weighted by atomic mass is 79.9. The van der Waals surface area contributed by atoms with Crippen molar-refractivity contribution in [3.63, 3.8) is 0 Å². The van der Waals surface area contributed by atoms with E-state index in [1.54, 1.807) is 27.7 Å². The lowest BCUT2D eigenvalue weighted by molar-refractivity contribution is 0.00593. The van der Waals surface area contributed by atoms with E-state index in [9.17, 15) is 9.59 Å². The number of hydrogen-bond acceptors (Lipinski definition) is 4. The smallest absolute Gasteiger partial charge is 0.410 e. The van der Waals surface area contributed by atoms with Crippen molar-refractivity contribution in [3.8, 4) is 0 Å². The van der Waals surface area contributed by atoms with E-state index < -0.39 is 5.60 Å². The third-order valence-electron chi connectivity index (χ3n) is 3.64. The van der Waals surface area contributed by atoms with Crippen LogP contribution in [0.25, 0.3) is 0 Å². The number of rotatable bonds is 1. The number of piperazine rings is 1. The van der Waals surface area contributed by atoms with Crippen molar-refractivity contribution >= 4 is 27.9 Å². The van der Waals surface area contributed by atoms with Gasteiger partial charge in [0.1, 0.15) is 11.3 Å². The minimum Gasteiger partial charge on any atom is -0.444 e. The van der Waals surface area contributed by atoms with E-state index in [2.05, 4.69) is 21.0 Å². The van der Waals surface area contributed by atoms with Crippen LogP contribution in [0.1, 0.15) is 38.2 Å². The first kappa shape index (κ1) is 17.8. The average Bonchev–Trinajstić information content (AvgIpc) is 2.75. The first-order chi connectivity index (χ1) is 10.6. The molecule has 8 heteroatoms. The van der Waals surface area contributed by atoms with Gasteiger partial charge in [0, 0.05) is 32.7 Å². The standard InChI is InChI=1S/C15H23BrN4O3/c1-10-9-19(14(22)23-15(2,3)4)6-7-20(10)13(21)12-11(16)8-17-18(12)5/h8,10H,6-7,9H2,1-5H3/t10-/m0/s1. The molecule has 0 aliphatic carbocycles. The van der Waals surface area contributed by atoms with Crippen LogP contribution in [-0.4, -0.2) is 62.9 Å². The number of nitrogens with zero attached hydrogens (tertiary/aromatic N) is 4. The predicted octanol–water partition coefficient (Wildman–Crippen LogP) is 2.26. The van der Waals surface area contributed by atoms with Crippen molar-refractivity contribution in [2.75, 3.05) is 19.6 Å². The van der Waals surface area contributed by atoms with E-state index in [1.165, 1.54) is 0 Å². The zero-order valence-corrected chi connectivity index (χ0v) is 15.8. The molecule has 0 spiro atoms. The summed E-state index contributed by atoms with van der Waals surface area (Å²) in [6.45, 7) is 8.84. The highest BCUT2D eigenvalue weighted by Gasteiger charge is 2.33. The van der Waals surface area contributed by atoms with Crippen molar-refractivity contribution in [2.24, 2.45) is 7.05 Å².